The minimum absolute atomic E-state index is 0.0333. The van der Waals surface area contributed by atoms with Gasteiger partial charge >= 0.3 is 0 Å². The lowest BCUT2D eigenvalue weighted by Crippen LogP contribution is -2.35. The maximum Gasteiger partial charge on any atom is 0.224 e. The molecule has 1 aromatic rings. The van der Waals surface area contributed by atoms with E-state index in [2.05, 4.69) is 6.92 Å². The Morgan fingerprint density at radius 2 is 2.11 bits per heavy atom. The number of hydrogen-bond acceptors (Lipinski definition) is 2. The Morgan fingerprint density at radius 3 is 2.63 bits per heavy atom. The van der Waals surface area contributed by atoms with Crippen molar-refractivity contribution in [2.24, 2.45) is 0 Å². The zero-order valence-corrected chi connectivity index (χ0v) is 12.8. The normalized spacial score (nSPS) is 10.6. The fourth-order valence-corrected chi connectivity index (χ4v) is 2.21. The van der Waals surface area contributed by atoms with Crippen molar-refractivity contribution in [1.82, 2.24) is 0 Å². The first-order chi connectivity index (χ1) is 8.99. The summed E-state index contributed by atoms with van der Waals surface area (Å²) in [6.45, 7) is 8.20. The molecule has 0 fully saturated rings. The van der Waals surface area contributed by atoms with E-state index in [1.807, 2.05) is 26.0 Å². The van der Waals surface area contributed by atoms with Gasteiger partial charge in [-0.1, -0.05) is 31.0 Å². The molecule has 0 aromatic heterocycles. The summed E-state index contributed by atoms with van der Waals surface area (Å²) in [7, 11) is 0. The molecular formula is C15H22ClNO2. The molecule has 0 bridgehead atoms. The standard InChI is InChI=1S/C15H22ClNO2/c1-5-6-10-19-14-9-7-8-13(16)15(14)17(11(2)3)12(4)18/h7-9,11H,5-6,10H2,1-4H3. The first-order valence-corrected chi connectivity index (χ1v) is 7.08. The zero-order chi connectivity index (χ0) is 14.4. The molecule has 106 valence electrons. The van der Waals surface area contributed by atoms with Crippen LogP contribution in [-0.4, -0.2) is 18.6 Å². The smallest absolute Gasteiger partial charge is 0.224 e. The van der Waals surface area contributed by atoms with Crippen LogP contribution in [0.5, 0.6) is 5.75 Å². The van der Waals surface area contributed by atoms with Crippen LogP contribution in [0, 0.1) is 0 Å². The lowest BCUT2D eigenvalue weighted by Gasteiger charge is -2.28. The summed E-state index contributed by atoms with van der Waals surface area (Å²) in [5.41, 5.74) is 0.669. The minimum Gasteiger partial charge on any atom is -0.491 e. The molecule has 0 saturated carbocycles. The highest BCUT2D eigenvalue weighted by Gasteiger charge is 2.22. The predicted molar refractivity (Wildman–Crippen MR) is 80.2 cm³/mol. The molecule has 0 N–H and O–H groups in total. The van der Waals surface area contributed by atoms with E-state index in [0.29, 0.717) is 23.1 Å². The molecule has 0 heterocycles. The number of rotatable bonds is 6. The van der Waals surface area contributed by atoms with Crippen LogP contribution < -0.4 is 9.64 Å². The van der Waals surface area contributed by atoms with Crippen molar-refractivity contribution in [3.05, 3.63) is 23.2 Å². The number of ether oxygens (including phenoxy) is 1. The van der Waals surface area contributed by atoms with E-state index in [1.165, 1.54) is 0 Å². The van der Waals surface area contributed by atoms with Gasteiger partial charge in [-0.25, -0.2) is 0 Å². The van der Waals surface area contributed by atoms with Gasteiger partial charge in [-0.05, 0) is 32.4 Å². The number of benzene rings is 1. The molecule has 0 spiro atoms. The van der Waals surface area contributed by atoms with Crippen LogP contribution in [0.2, 0.25) is 5.02 Å². The van der Waals surface area contributed by atoms with Crippen molar-refractivity contribution in [2.45, 2.75) is 46.6 Å². The van der Waals surface area contributed by atoms with E-state index >= 15 is 0 Å². The van der Waals surface area contributed by atoms with E-state index in [-0.39, 0.29) is 11.9 Å². The van der Waals surface area contributed by atoms with Crippen molar-refractivity contribution in [3.63, 3.8) is 0 Å². The lowest BCUT2D eigenvalue weighted by atomic mass is 10.2. The summed E-state index contributed by atoms with van der Waals surface area (Å²) in [6, 6.07) is 5.51. The summed E-state index contributed by atoms with van der Waals surface area (Å²) >= 11 is 6.25. The predicted octanol–water partition coefficient (Wildman–Crippen LogP) is 4.28. The van der Waals surface area contributed by atoms with Gasteiger partial charge in [0, 0.05) is 13.0 Å². The van der Waals surface area contributed by atoms with Crippen molar-refractivity contribution < 1.29 is 9.53 Å². The highest BCUT2D eigenvalue weighted by molar-refractivity contribution is 6.34. The SMILES string of the molecule is CCCCOc1cccc(Cl)c1N(C(C)=O)C(C)C. The first kappa shape index (κ1) is 15.8. The van der Waals surface area contributed by atoms with Crippen LogP contribution in [0.15, 0.2) is 18.2 Å². The molecule has 0 radical (unpaired) electrons. The maximum atomic E-state index is 11.8. The average molecular weight is 284 g/mol. The molecule has 4 heteroatoms. The van der Waals surface area contributed by atoms with E-state index < -0.39 is 0 Å². The van der Waals surface area contributed by atoms with Crippen LogP contribution in [-0.2, 0) is 4.79 Å². The number of para-hydroxylation sites is 1. The Kier molecular flexibility index (Phi) is 6.16. The van der Waals surface area contributed by atoms with Crippen molar-refractivity contribution in [3.8, 4) is 5.75 Å². The Labute approximate surface area is 120 Å². The van der Waals surface area contributed by atoms with Gasteiger partial charge in [0.2, 0.25) is 5.91 Å². The number of anilines is 1. The Hall–Kier alpha value is -1.22. The number of carbonyl (C=O) groups is 1. The summed E-state index contributed by atoms with van der Waals surface area (Å²) < 4.78 is 5.76. The van der Waals surface area contributed by atoms with E-state index in [4.69, 9.17) is 16.3 Å². The second-order valence-corrected chi connectivity index (χ2v) is 5.18. The summed E-state index contributed by atoms with van der Waals surface area (Å²) in [5.74, 6) is 0.633. The van der Waals surface area contributed by atoms with Gasteiger partial charge in [-0.15, -0.1) is 0 Å². The molecule has 0 saturated heterocycles. The average Bonchev–Trinajstić information content (AvgIpc) is 2.32. The van der Waals surface area contributed by atoms with Crippen LogP contribution in [0.4, 0.5) is 5.69 Å². The molecule has 0 aliphatic heterocycles. The van der Waals surface area contributed by atoms with Gasteiger partial charge in [0.15, 0.2) is 0 Å². The van der Waals surface area contributed by atoms with Gasteiger partial charge < -0.3 is 9.64 Å². The molecular weight excluding hydrogens is 262 g/mol. The monoisotopic (exact) mass is 283 g/mol. The van der Waals surface area contributed by atoms with Gasteiger partial charge in [0.25, 0.3) is 0 Å². The Morgan fingerprint density at radius 1 is 1.42 bits per heavy atom. The number of unbranched alkanes of at least 4 members (excludes halogenated alkanes) is 1. The fraction of sp³-hybridized carbons (Fsp3) is 0.533. The number of amides is 1. The van der Waals surface area contributed by atoms with Crippen LogP contribution in [0.3, 0.4) is 0 Å². The third-order valence-corrected chi connectivity index (χ3v) is 3.11. The van der Waals surface area contributed by atoms with Crippen molar-refractivity contribution in [1.29, 1.82) is 0 Å². The highest BCUT2D eigenvalue weighted by Crippen LogP contribution is 2.37. The summed E-state index contributed by atoms with van der Waals surface area (Å²) in [6.07, 6.45) is 2.05. The topological polar surface area (TPSA) is 29.5 Å². The fourth-order valence-electron chi connectivity index (χ4n) is 1.95. The van der Waals surface area contributed by atoms with Crippen molar-refractivity contribution in [2.75, 3.05) is 11.5 Å². The van der Waals surface area contributed by atoms with Gasteiger partial charge in [0.1, 0.15) is 11.4 Å². The second-order valence-electron chi connectivity index (χ2n) is 4.77. The van der Waals surface area contributed by atoms with E-state index in [1.54, 1.807) is 17.9 Å². The van der Waals surface area contributed by atoms with Gasteiger partial charge in [-0.3, -0.25) is 4.79 Å². The largest absolute Gasteiger partial charge is 0.491 e. The number of halogens is 1. The third kappa shape index (κ3) is 4.13. The van der Waals surface area contributed by atoms with Crippen LogP contribution in [0.25, 0.3) is 0 Å². The molecule has 0 aliphatic carbocycles. The molecule has 0 atom stereocenters. The number of hydrogen-bond donors (Lipinski definition) is 0. The molecule has 0 unspecified atom stereocenters. The molecule has 1 amide bonds. The maximum absolute atomic E-state index is 11.8. The van der Waals surface area contributed by atoms with E-state index in [9.17, 15) is 4.79 Å². The minimum atomic E-state index is -0.0385. The zero-order valence-electron chi connectivity index (χ0n) is 12.1. The van der Waals surface area contributed by atoms with Crippen LogP contribution >= 0.6 is 11.6 Å². The second kappa shape index (κ2) is 7.39. The highest BCUT2D eigenvalue weighted by atomic mass is 35.5. The number of carbonyl (C=O) groups excluding carboxylic acids is 1. The quantitative estimate of drug-likeness (QED) is 0.729. The molecule has 1 aromatic carbocycles. The Balaban J connectivity index is 3.11. The number of nitrogens with zero attached hydrogens (tertiary/aromatic N) is 1. The molecule has 3 nitrogen and oxygen atoms in total. The lowest BCUT2D eigenvalue weighted by molar-refractivity contribution is -0.116. The molecule has 0 aliphatic rings. The molecule has 1 rings (SSSR count). The van der Waals surface area contributed by atoms with Crippen LogP contribution in [0.1, 0.15) is 40.5 Å². The first-order valence-electron chi connectivity index (χ1n) is 6.70. The van der Waals surface area contributed by atoms with Crippen molar-refractivity contribution >= 4 is 23.2 Å². The van der Waals surface area contributed by atoms with Gasteiger partial charge in [-0.2, -0.15) is 0 Å². The summed E-state index contributed by atoms with van der Waals surface area (Å²) in [5, 5.41) is 0.540. The van der Waals surface area contributed by atoms with E-state index in [0.717, 1.165) is 12.8 Å². The molecule has 19 heavy (non-hydrogen) atoms. The van der Waals surface area contributed by atoms with Gasteiger partial charge in [0.05, 0.1) is 11.6 Å². The third-order valence-electron chi connectivity index (χ3n) is 2.80. The summed E-state index contributed by atoms with van der Waals surface area (Å²) in [4.78, 5) is 13.5. The Bertz CT molecular complexity index is 432.